The highest BCUT2D eigenvalue weighted by atomic mass is 16.5. The monoisotopic (exact) mass is 258 g/mol. The normalized spacial score (nSPS) is 10.0. The van der Waals surface area contributed by atoms with Gasteiger partial charge in [0, 0.05) is 12.6 Å². The van der Waals surface area contributed by atoms with E-state index in [4.69, 9.17) is 9.47 Å². The van der Waals surface area contributed by atoms with Crippen molar-refractivity contribution in [3.8, 4) is 11.6 Å². The molecule has 1 heterocycles. The van der Waals surface area contributed by atoms with Gasteiger partial charge < -0.3 is 14.8 Å². The Kier molecular flexibility index (Phi) is 4.61. The lowest BCUT2D eigenvalue weighted by Crippen LogP contribution is -2.01. The molecule has 4 nitrogen and oxygen atoms in total. The van der Waals surface area contributed by atoms with Crippen molar-refractivity contribution in [3.05, 3.63) is 48.2 Å². The quantitative estimate of drug-likeness (QED) is 0.864. The maximum absolute atomic E-state index is 5.30. The molecule has 0 atom stereocenters. The molecule has 1 aromatic heterocycles. The lowest BCUT2D eigenvalue weighted by atomic mass is 10.2. The highest BCUT2D eigenvalue weighted by Crippen LogP contribution is 2.15. The number of anilines is 1. The number of methoxy groups -OCH3 is 1. The third kappa shape index (κ3) is 3.88. The van der Waals surface area contributed by atoms with Crippen LogP contribution < -0.4 is 14.8 Å². The van der Waals surface area contributed by atoms with Crippen molar-refractivity contribution >= 4 is 5.69 Å². The zero-order valence-electron chi connectivity index (χ0n) is 11.2. The van der Waals surface area contributed by atoms with Gasteiger partial charge in [-0.05, 0) is 30.7 Å². The average molecular weight is 258 g/mol. The number of ether oxygens (including phenoxy) is 2. The summed E-state index contributed by atoms with van der Waals surface area (Å²) in [5, 5.41) is 3.31. The van der Waals surface area contributed by atoms with Gasteiger partial charge in [-0.25, -0.2) is 4.98 Å². The predicted octanol–water partition coefficient (Wildman–Crippen LogP) is 3.10. The van der Waals surface area contributed by atoms with Crippen LogP contribution in [-0.2, 0) is 6.54 Å². The van der Waals surface area contributed by atoms with Gasteiger partial charge in [-0.15, -0.1) is 0 Å². The smallest absolute Gasteiger partial charge is 0.213 e. The Morgan fingerprint density at radius 1 is 1.21 bits per heavy atom. The van der Waals surface area contributed by atoms with Crippen LogP contribution in [0, 0.1) is 0 Å². The molecule has 0 fully saturated rings. The van der Waals surface area contributed by atoms with Crippen LogP contribution in [0.2, 0.25) is 0 Å². The number of benzene rings is 1. The Morgan fingerprint density at radius 2 is 2.11 bits per heavy atom. The molecular formula is C15H18N2O2. The number of nitrogens with zero attached hydrogens (tertiary/aromatic N) is 1. The number of hydrogen-bond acceptors (Lipinski definition) is 4. The largest absolute Gasteiger partial charge is 0.497 e. The highest BCUT2D eigenvalue weighted by Gasteiger charge is 1.98. The fraction of sp³-hybridized carbons (Fsp3) is 0.267. The summed E-state index contributed by atoms with van der Waals surface area (Å²) < 4.78 is 10.5. The lowest BCUT2D eigenvalue weighted by Gasteiger charge is -2.08. The average Bonchev–Trinajstić information content (AvgIpc) is 2.47. The summed E-state index contributed by atoms with van der Waals surface area (Å²) in [6, 6.07) is 11.8. The van der Waals surface area contributed by atoms with Crippen LogP contribution in [0.4, 0.5) is 5.69 Å². The maximum Gasteiger partial charge on any atom is 0.213 e. The van der Waals surface area contributed by atoms with Gasteiger partial charge in [0.25, 0.3) is 0 Å². The standard InChI is InChI=1S/C15H18N2O2/c1-3-19-15-8-7-13(11-17-15)16-10-12-5-4-6-14(9-12)18-2/h4-9,11,16H,3,10H2,1-2H3. The molecule has 0 aliphatic heterocycles. The fourth-order valence-corrected chi connectivity index (χ4v) is 1.70. The van der Waals surface area contributed by atoms with E-state index in [2.05, 4.69) is 16.4 Å². The second kappa shape index (κ2) is 6.64. The van der Waals surface area contributed by atoms with Gasteiger partial charge in [0.05, 0.1) is 25.6 Å². The van der Waals surface area contributed by atoms with Gasteiger partial charge in [-0.2, -0.15) is 0 Å². The van der Waals surface area contributed by atoms with E-state index in [1.165, 1.54) is 0 Å². The van der Waals surface area contributed by atoms with Crippen LogP contribution in [0.3, 0.4) is 0 Å². The van der Waals surface area contributed by atoms with Crippen LogP contribution in [0.1, 0.15) is 12.5 Å². The molecule has 0 spiro atoms. The van der Waals surface area contributed by atoms with Gasteiger partial charge in [-0.3, -0.25) is 0 Å². The maximum atomic E-state index is 5.30. The van der Waals surface area contributed by atoms with E-state index in [0.717, 1.165) is 23.5 Å². The molecule has 2 aromatic rings. The topological polar surface area (TPSA) is 43.4 Å². The van der Waals surface area contributed by atoms with E-state index in [1.807, 2.05) is 37.3 Å². The Bertz CT molecular complexity index is 512. The van der Waals surface area contributed by atoms with Crippen LogP contribution in [0.15, 0.2) is 42.6 Å². The summed E-state index contributed by atoms with van der Waals surface area (Å²) in [6.45, 7) is 3.30. The minimum atomic E-state index is 0.629. The number of aromatic nitrogens is 1. The Morgan fingerprint density at radius 3 is 2.79 bits per heavy atom. The second-order valence-corrected chi connectivity index (χ2v) is 4.02. The van der Waals surface area contributed by atoms with Crippen molar-refractivity contribution in [1.82, 2.24) is 4.98 Å². The van der Waals surface area contributed by atoms with Crippen molar-refractivity contribution in [2.75, 3.05) is 19.0 Å². The molecule has 0 bridgehead atoms. The summed E-state index contributed by atoms with van der Waals surface area (Å²) in [5.41, 5.74) is 2.12. The molecule has 0 saturated heterocycles. The van der Waals surface area contributed by atoms with E-state index in [0.29, 0.717) is 12.5 Å². The minimum Gasteiger partial charge on any atom is -0.497 e. The first-order valence-corrected chi connectivity index (χ1v) is 6.27. The number of pyridine rings is 1. The van der Waals surface area contributed by atoms with E-state index >= 15 is 0 Å². The predicted molar refractivity (Wildman–Crippen MR) is 75.7 cm³/mol. The van der Waals surface area contributed by atoms with E-state index in [9.17, 15) is 0 Å². The molecule has 4 heteroatoms. The summed E-state index contributed by atoms with van der Waals surface area (Å²) in [4.78, 5) is 4.21. The molecule has 0 saturated carbocycles. The molecule has 0 aliphatic carbocycles. The summed E-state index contributed by atoms with van der Waals surface area (Å²) in [5.74, 6) is 1.51. The van der Waals surface area contributed by atoms with E-state index in [-0.39, 0.29) is 0 Å². The zero-order chi connectivity index (χ0) is 13.5. The van der Waals surface area contributed by atoms with Crippen molar-refractivity contribution < 1.29 is 9.47 Å². The van der Waals surface area contributed by atoms with Gasteiger partial charge in [0.15, 0.2) is 0 Å². The first-order chi connectivity index (χ1) is 9.31. The highest BCUT2D eigenvalue weighted by molar-refractivity contribution is 5.43. The molecule has 0 aliphatic rings. The van der Waals surface area contributed by atoms with Crippen molar-refractivity contribution in [2.45, 2.75) is 13.5 Å². The molecule has 0 amide bonds. The van der Waals surface area contributed by atoms with E-state index < -0.39 is 0 Å². The molecule has 1 N–H and O–H groups in total. The van der Waals surface area contributed by atoms with Crippen molar-refractivity contribution in [1.29, 1.82) is 0 Å². The molecule has 0 unspecified atom stereocenters. The molecule has 0 radical (unpaired) electrons. The summed E-state index contributed by atoms with van der Waals surface area (Å²) in [6.07, 6.45) is 1.77. The van der Waals surface area contributed by atoms with Crippen LogP contribution in [0.25, 0.3) is 0 Å². The van der Waals surface area contributed by atoms with Crippen molar-refractivity contribution in [2.24, 2.45) is 0 Å². The molecular weight excluding hydrogens is 240 g/mol. The number of nitrogens with one attached hydrogen (secondary N) is 1. The van der Waals surface area contributed by atoms with Gasteiger partial charge >= 0.3 is 0 Å². The Labute approximate surface area is 113 Å². The van der Waals surface area contributed by atoms with Gasteiger partial charge in [0.2, 0.25) is 5.88 Å². The SMILES string of the molecule is CCOc1ccc(NCc2cccc(OC)c2)cn1. The van der Waals surface area contributed by atoms with Gasteiger partial charge in [-0.1, -0.05) is 12.1 Å². The Hall–Kier alpha value is -2.23. The summed E-state index contributed by atoms with van der Waals surface area (Å²) >= 11 is 0. The molecule has 2 rings (SSSR count). The molecule has 1 aromatic carbocycles. The minimum absolute atomic E-state index is 0.629. The fourth-order valence-electron chi connectivity index (χ4n) is 1.70. The lowest BCUT2D eigenvalue weighted by molar-refractivity contribution is 0.327. The number of hydrogen-bond donors (Lipinski definition) is 1. The molecule has 100 valence electrons. The third-order valence-electron chi connectivity index (χ3n) is 2.66. The second-order valence-electron chi connectivity index (χ2n) is 4.02. The first kappa shape index (κ1) is 13.2. The first-order valence-electron chi connectivity index (χ1n) is 6.27. The third-order valence-corrected chi connectivity index (χ3v) is 2.66. The van der Waals surface area contributed by atoms with Crippen molar-refractivity contribution in [3.63, 3.8) is 0 Å². The van der Waals surface area contributed by atoms with Gasteiger partial charge in [0.1, 0.15) is 5.75 Å². The Balaban J connectivity index is 1.94. The van der Waals surface area contributed by atoms with Crippen LogP contribution in [-0.4, -0.2) is 18.7 Å². The van der Waals surface area contributed by atoms with Crippen LogP contribution in [0.5, 0.6) is 11.6 Å². The summed E-state index contributed by atoms with van der Waals surface area (Å²) in [7, 11) is 1.67. The van der Waals surface area contributed by atoms with E-state index in [1.54, 1.807) is 13.3 Å². The number of rotatable bonds is 6. The van der Waals surface area contributed by atoms with Crippen LogP contribution >= 0.6 is 0 Å². The molecule has 19 heavy (non-hydrogen) atoms. The zero-order valence-corrected chi connectivity index (χ0v) is 11.2.